The van der Waals surface area contributed by atoms with E-state index in [1.54, 1.807) is 38.2 Å². The van der Waals surface area contributed by atoms with Crippen molar-refractivity contribution in [2.75, 3.05) is 0 Å². The predicted molar refractivity (Wildman–Crippen MR) is 157 cm³/mol. The summed E-state index contributed by atoms with van der Waals surface area (Å²) in [5, 5.41) is 62.5. The summed E-state index contributed by atoms with van der Waals surface area (Å²) in [5.41, 5.74) is 0. The molecule has 0 aromatic carbocycles. The molecule has 10 unspecified atom stereocenters. The number of hydrogen-bond acceptors (Lipinski definition) is 8. The van der Waals surface area contributed by atoms with E-state index in [0.29, 0.717) is 25.7 Å². The minimum atomic E-state index is -1.05. The van der Waals surface area contributed by atoms with Crippen LogP contribution in [0.25, 0.3) is 0 Å². The number of carbonyl (C=O) groups is 1. The number of esters is 1. The van der Waals surface area contributed by atoms with E-state index < -0.39 is 60.5 Å². The van der Waals surface area contributed by atoms with Crippen molar-refractivity contribution in [2.24, 2.45) is 17.8 Å². The lowest BCUT2D eigenvalue weighted by Gasteiger charge is -2.26. The van der Waals surface area contributed by atoms with Crippen LogP contribution >= 0.6 is 0 Å². The Balaban J connectivity index is 2.94. The molecule has 228 valence electrons. The van der Waals surface area contributed by atoms with E-state index in [0.717, 1.165) is 0 Å². The third-order valence-electron chi connectivity index (χ3n) is 7.54. The van der Waals surface area contributed by atoms with Crippen LogP contribution in [0.15, 0.2) is 60.8 Å². The summed E-state index contributed by atoms with van der Waals surface area (Å²) in [6, 6.07) is 0. The van der Waals surface area contributed by atoms with E-state index in [4.69, 9.17) is 4.74 Å². The average molecular weight is 565 g/mol. The summed E-state index contributed by atoms with van der Waals surface area (Å²) >= 11 is 0. The number of allylic oxidation sites excluding steroid dienone is 8. The molecule has 8 nitrogen and oxygen atoms in total. The van der Waals surface area contributed by atoms with Gasteiger partial charge in [-0.25, -0.2) is 0 Å². The van der Waals surface area contributed by atoms with Crippen LogP contribution in [0.4, 0.5) is 0 Å². The van der Waals surface area contributed by atoms with Crippen molar-refractivity contribution < 1.29 is 40.2 Å². The molecule has 1 rings (SSSR count). The van der Waals surface area contributed by atoms with Gasteiger partial charge in [-0.05, 0) is 45.4 Å². The molecule has 0 radical (unpaired) electrons. The molecular weight excluding hydrogens is 512 g/mol. The summed E-state index contributed by atoms with van der Waals surface area (Å²) in [4.78, 5) is 12.7. The summed E-state index contributed by atoms with van der Waals surface area (Å²) < 4.78 is 5.62. The highest BCUT2D eigenvalue weighted by atomic mass is 16.5. The second kappa shape index (κ2) is 19.9. The van der Waals surface area contributed by atoms with Crippen LogP contribution in [0.2, 0.25) is 0 Å². The first kappa shape index (κ1) is 36.0. The molecule has 0 saturated heterocycles. The zero-order valence-electron chi connectivity index (χ0n) is 24.5. The van der Waals surface area contributed by atoms with Gasteiger partial charge in [-0.2, -0.15) is 0 Å². The average Bonchev–Trinajstić information content (AvgIpc) is 2.88. The zero-order chi connectivity index (χ0) is 30.1. The van der Waals surface area contributed by atoms with Crippen LogP contribution in [-0.4, -0.2) is 79.3 Å². The Morgan fingerprint density at radius 2 is 1.20 bits per heavy atom. The molecule has 0 aromatic heterocycles. The molecule has 0 saturated carbocycles. The van der Waals surface area contributed by atoms with E-state index in [1.807, 2.05) is 50.3 Å². The maximum absolute atomic E-state index is 12.7. The van der Waals surface area contributed by atoms with Crippen molar-refractivity contribution in [3.05, 3.63) is 60.8 Å². The third kappa shape index (κ3) is 14.5. The SMILES string of the molecule is CCC1C(=O)OC(C)C(C)/C=C/C=C/C=C/C=C/C=C/C(O)C(C)C(O)CC(O)CC(O)CCCC(O)CC1O. The fourth-order valence-corrected chi connectivity index (χ4v) is 4.51. The molecule has 1 heterocycles. The molecule has 10 atom stereocenters. The molecule has 0 amide bonds. The van der Waals surface area contributed by atoms with Gasteiger partial charge in [-0.1, -0.05) is 81.5 Å². The van der Waals surface area contributed by atoms with Crippen molar-refractivity contribution >= 4 is 5.97 Å². The highest BCUT2D eigenvalue weighted by Gasteiger charge is 2.30. The second-order valence-electron chi connectivity index (χ2n) is 11.0. The topological polar surface area (TPSA) is 148 Å². The number of ether oxygens (including phenoxy) is 1. The second-order valence-corrected chi connectivity index (χ2v) is 11.0. The van der Waals surface area contributed by atoms with E-state index in [1.165, 1.54) is 0 Å². The molecule has 6 N–H and O–H groups in total. The number of cyclic esters (lactones) is 1. The lowest BCUT2D eigenvalue weighted by molar-refractivity contribution is -0.159. The Bertz CT molecular complexity index is 848. The van der Waals surface area contributed by atoms with Crippen LogP contribution in [0.3, 0.4) is 0 Å². The van der Waals surface area contributed by atoms with E-state index in [2.05, 4.69) is 0 Å². The number of hydrogen-bond donors (Lipinski definition) is 6. The maximum atomic E-state index is 12.7. The van der Waals surface area contributed by atoms with Gasteiger partial charge >= 0.3 is 5.97 Å². The van der Waals surface area contributed by atoms with Crippen LogP contribution in [0.5, 0.6) is 0 Å². The van der Waals surface area contributed by atoms with Crippen molar-refractivity contribution in [3.63, 3.8) is 0 Å². The third-order valence-corrected chi connectivity index (χ3v) is 7.54. The van der Waals surface area contributed by atoms with Crippen molar-refractivity contribution in [3.8, 4) is 0 Å². The maximum Gasteiger partial charge on any atom is 0.311 e. The highest BCUT2D eigenvalue weighted by Crippen LogP contribution is 2.22. The van der Waals surface area contributed by atoms with Gasteiger partial charge in [0.05, 0.1) is 42.5 Å². The summed E-state index contributed by atoms with van der Waals surface area (Å²) in [5.74, 6) is -1.80. The van der Waals surface area contributed by atoms with Gasteiger partial charge in [0.25, 0.3) is 0 Å². The Morgan fingerprint density at radius 3 is 1.77 bits per heavy atom. The van der Waals surface area contributed by atoms with Crippen LogP contribution in [-0.2, 0) is 9.53 Å². The van der Waals surface area contributed by atoms with Crippen molar-refractivity contribution in [1.82, 2.24) is 0 Å². The first-order valence-corrected chi connectivity index (χ1v) is 14.6. The Labute approximate surface area is 240 Å². The number of rotatable bonds is 1. The van der Waals surface area contributed by atoms with Gasteiger partial charge in [-0.3, -0.25) is 4.79 Å². The van der Waals surface area contributed by atoms with E-state index >= 15 is 0 Å². The normalized spacial score (nSPS) is 41.0. The Hall–Kier alpha value is -2.07. The fraction of sp³-hybridized carbons (Fsp3) is 0.656. The molecule has 40 heavy (non-hydrogen) atoms. The lowest BCUT2D eigenvalue weighted by Crippen LogP contribution is -2.35. The molecular formula is C32H52O8. The standard InChI is InChI=1S/C32H52O8/c1-5-28-31(38)20-26(34)17-14-16-25(33)19-27(35)21-30(37)23(3)29(36)18-13-11-9-7-6-8-10-12-15-22(2)24(4)40-32(28)39/h6-13,15,18,22-31,33-38H,5,14,16-17,19-21H2,1-4H3/b7-6+,10-8+,11-9+,15-12+,18-13+. The lowest BCUT2D eigenvalue weighted by atomic mass is 9.91. The number of aliphatic hydroxyl groups excluding tert-OH is 6. The van der Waals surface area contributed by atoms with Gasteiger partial charge in [0, 0.05) is 18.3 Å². The molecule has 0 aromatic rings. The minimum absolute atomic E-state index is 0.0171. The predicted octanol–water partition coefficient (Wildman–Crippen LogP) is 3.52. The molecule has 1 aliphatic rings. The summed E-state index contributed by atoms with van der Waals surface area (Å²) in [6.07, 6.45) is 13.7. The minimum Gasteiger partial charge on any atom is -0.462 e. The fourth-order valence-electron chi connectivity index (χ4n) is 4.51. The molecule has 0 spiro atoms. The largest absolute Gasteiger partial charge is 0.462 e. The smallest absolute Gasteiger partial charge is 0.311 e. The van der Waals surface area contributed by atoms with Gasteiger partial charge in [0.1, 0.15) is 6.10 Å². The number of aliphatic hydroxyl groups is 6. The van der Waals surface area contributed by atoms with Gasteiger partial charge in [-0.15, -0.1) is 0 Å². The molecule has 8 heteroatoms. The van der Waals surface area contributed by atoms with Crippen molar-refractivity contribution in [1.29, 1.82) is 0 Å². The quantitative estimate of drug-likeness (QED) is 0.265. The molecule has 0 bridgehead atoms. The Kier molecular flexibility index (Phi) is 17.9. The van der Waals surface area contributed by atoms with Gasteiger partial charge in [0.2, 0.25) is 0 Å². The molecule has 0 aliphatic carbocycles. The molecule has 1 aliphatic heterocycles. The molecule has 0 fully saturated rings. The first-order chi connectivity index (χ1) is 19.0. The number of carbonyl (C=O) groups excluding carboxylic acids is 1. The monoisotopic (exact) mass is 564 g/mol. The van der Waals surface area contributed by atoms with Gasteiger partial charge < -0.3 is 35.4 Å². The van der Waals surface area contributed by atoms with E-state index in [-0.39, 0.29) is 25.2 Å². The highest BCUT2D eigenvalue weighted by molar-refractivity contribution is 5.73. The van der Waals surface area contributed by atoms with Crippen LogP contribution < -0.4 is 0 Å². The Morgan fingerprint density at radius 1 is 0.700 bits per heavy atom. The summed E-state index contributed by atoms with van der Waals surface area (Å²) in [7, 11) is 0. The van der Waals surface area contributed by atoms with Gasteiger partial charge in [0.15, 0.2) is 0 Å². The van der Waals surface area contributed by atoms with Crippen LogP contribution in [0, 0.1) is 17.8 Å². The van der Waals surface area contributed by atoms with Crippen molar-refractivity contribution in [2.45, 2.75) is 115 Å². The zero-order valence-corrected chi connectivity index (χ0v) is 24.5. The van der Waals surface area contributed by atoms with Crippen LogP contribution in [0.1, 0.15) is 72.6 Å². The first-order valence-electron chi connectivity index (χ1n) is 14.6. The summed E-state index contributed by atoms with van der Waals surface area (Å²) in [6.45, 7) is 7.24. The van der Waals surface area contributed by atoms with E-state index in [9.17, 15) is 35.4 Å².